The first-order valence-corrected chi connectivity index (χ1v) is 3.10. The second-order valence-electron chi connectivity index (χ2n) is 2.00. The van der Waals surface area contributed by atoms with Gasteiger partial charge in [0.25, 0.3) is 0 Å². The summed E-state index contributed by atoms with van der Waals surface area (Å²) in [5, 5.41) is 0. The normalized spacial score (nSPS) is 9.89. The molecule has 0 aliphatic heterocycles. The second-order valence-corrected chi connectivity index (χ2v) is 2.00. The molecule has 2 radical (unpaired) electrons. The Labute approximate surface area is 54.7 Å². The van der Waals surface area contributed by atoms with E-state index < -0.39 is 0 Å². The molecule has 0 aromatic carbocycles. The number of nitrogens with zero attached hydrogens (tertiary/aromatic N) is 1. The Morgan fingerprint density at radius 1 is 1.67 bits per heavy atom. The molecule has 0 aliphatic rings. The summed E-state index contributed by atoms with van der Waals surface area (Å²) in [6.07, 6.45) is 3.43. The first kappa shape index (κ1) is 6.20. The van der Waals surface area contributed by atoms with Crippen LogP contribution in [0.25, 0.3) is 0 Å². The number of hydrogen-bond acceptors (Lipinski definition) is 1. The molecule has 0 spiro atoms. The molecule has 0 saturated heterocycles. The van der Waals surface area contributed by atoms with E-state index in [9.17, 15) is 0 Å². The van der Waals surface area contributed by atoms with Gasteiger partial charge in [-0.15, -0.1) is 5.73 Å². The van der Waals surface area contributed by atoms with Crippen molar-refractivity contribution in [3.63, 3.8) is 0 Å². The van der Waals surface area contributed by atoms with Gasteiger partial charge in [-0.3, -0.25) is 0 Å². The van der Waals surface area contributed by atoms with Gasteiger partial charge in [0.15, 0.2) is 0 Å². The standard InChI is InChI=1S/C7H9NO/c1-2-3-6-4-5-9-7(6)8/h4-5H,2-3H2,1H3. The van der Waals surface area contributed by atoms with Crippen LogP contribution in [0, 0.1) is 0 Å². The van der Waals surface area contributed by atoms with Gasteiger partial charge >= 0.3 is 0 Å². The first-order chi connectivity index (χ1) is 4.34. The van der Waals surface area contributed by atoms with Crippen LogP contribution in [0.5, 0.6) is 0 Å². The van der Waals surface area contributed by atoms with E-state index >= 15 is 0 Å². The fourth-order valence-corrected chi connectivity index (χ4v) is 0.787. The van der Waals surface area contributed by atoms with Crippen LogP contribution in [0.2, 0.25) is 0 Å². The molecular weight excluding hydrogens is 114 g/mol. The van der Waals surface area contributed by atoms with Crippen LogP contribution in [0.1, 0.15) is 18.9 Å². The summed E-state index contributed by atoms with van der Waals surface area (Å²) in [5.74, 6) is 0.0665. The lowest BCUT2D eigenvalue weighted by Gasteiger charge is -1.88. The zero-order valence-electron chi connectivity index (χ0n) is 5.42. The van der Waals surface area contributed by atoms with E-state index in [1.807, 2.05) is 0 Å². The van der Waals surface area contributed by atoms with Gasteiger partial charge in [0.1, 0.15) is 0 Å². The first-order valence-electron chi connectivity index (χ1n) is 3.10. The Morgan fingerprint density at radius 2 is 2.44 bits per heavy atom. The molecule has 0 atom stereocenters. The van der Waals surface area contributed by atoms with Gasteiger partial charge in [-0.2, -0.15) is 0 Å². The van der Waals surface area contributed by atoms with Crippen LogP contribution >= 0.6 is 0 Å². The summed E-state index contributed by atoms with van der Waals surface area (Å²) in [5.41, 5.74) is 9.82. The Hall–Kier alpha value is -0.920. The Morgan fingerprint density at radius 3 is 2.89 bits per heavy atom. The van der Waals surface area contributed by atoms with Crippen LogP contribution in [0.15, 0.2) is 16.7 Å². The van der Waals surface area contributed by atoms with Crippen molar-refractivity contribution in [2.45, 2.75) is 19.8 Å². The van der Waals surface area contributed by atoms with Gasteiger partial charge in [0.2, 0.25) is 5.88 Å². The van der Waals surface area contributed by atoms with Crippen molar-refractivity contribution in [2.75, 3.05) is 0 Å². The SMILES string of the molecule is CCCc1ccoc1[N]. The molecule has 1 rings (SSSR count). The van der Waals surface area contributed by atoms with Gasteiger partial charge < -0.3 is 4.42 Å². The minimum absolute atomic E-state index is 0.0665. The summed E-state index contributed by atoms with van der Waals surface area (Å²) < 4.78 is 4.67. The van der Waals surface area contributed by atoms with E-state index in [-0.39, 0.29) is 5.88 Å². The third kappa shape index (κ3) is 1.25. The van der Waals surface area contributed by atoms with Gasteiger partial charge in [-0.25, -0.2) is 0 Å². The molecular formula is C7H9NO. The molecule has 0 fully saturated rings. The van der Waals surface area contributed by atoms with Gasteiger partial charge in [0.05, 0.1) is 6.26 Å². The number of hydrogen-bond donors (Lipinski definition) is 0. The molecule has 1 aromatic rings. The Bertz CT molecular complexity index is 181. The molecule has 1 aromatic heterocycles. The average molecular weight is 123 g/mol. The highest BCUT2D eigenvalue weighted by atomic mass is 16.3. The van der Waals surface area contributed by atoms with Crippen molar-refractivity contribution in [1.82, 2.24) is 5.73 Å². The predicted molar refractivity (Wildman–Crippen MR) is 34.5 cm³/mol. The maximum absolute atomic E-state index is 8.91. The largest absolute Gasteiger partial charge is 0.445 e. The molecule has 0 N–H and O–H groups in total. The quantitative estimate of drug-likeness (QED) is 0.591. The van der Waals surface area contributed by atoms with Crippen LogP contribution < -0.4 is 5.73 Å². The molecule has 2 nitrogen and oxygen atoms in total. The second kappa shape index (κ2) is 2.58. The smallest absolute Gasteiger partial charge is 0.241 e. The Balaban J connectivity index is 2.69. The topological polar surface area (TPSA) is 35.4 Å². The van der Waals surface area contributed by atoms with Crippen molar-refractivity contribution < 1.29 is 4.42 Å². The average Bonchev–Trinajstić information content (AvgIpc) is 2.18. The summed E-state index contributed by atoms with van der Waals surface area (Å²) in [6.45, 7) is 2.06. The lowest BCUT2D eigenvalue weighted by molar-refractivity contribution is 0.570. The summed E-state index contributed by atoms with van der Waals surface area (Å²) in [4.78, 5) is 0. The highest BCUT2D eigenvalue weighted by Crippen LogP contribution is 2.15. The van der Waals surface area contributed by atoms with Crippen molar-refractivity contribution in [1.29, 1.82) is 0 Å². The highest BCUT2D eigenvalue weighted by Gasteiger charge is 2.00. The molecule has 2 heteroatoms. The number of rotatable bonds is 2. The van der Waals surface area contributed by atoms with Crippen molar-refractivity contribution in [3.8, 4) is 0 Å². The third-order valence-electron chi connectivity index (χ3n) is 1.24. The molecule has 48 valence electrons. The van der Waals surface area contributed by atoms with Crippen molar-refractivity contribution >= 4 is 5.88 Å². The monoisotopic (exact) mass is 123 g/mol. The van der Waals surface area contributed by atoms with E-state index in [4.69, 9.17) is 5.73 Å². The van der Waals surface area contributed by atoms with E-state index in [0.717, 1.165) is 18.4 Å². The lowest BCUT2D eigenvalue weighted by Crippen LogP contribution is -1.78. The lowest BCUT2D eigenvalue weighted by atomic mass is 10.2. The number of furan rings is 1. The minimum Gasteiger partial charge on any atom is -0.445 e. The van der Waals surface area contributed by atoms with Gasteiger partial charge in [-0.1, -0.05) is 13.3 Å². The van der Waals surface area contributed by atoms with E-state index in [1.165, 1.54) is 6.26 Å². The minimum atomic E-state index is 0.0665. The Kier molecular flexibility index (Phi) is 1.78. The van der Waals surface area contributed by atoms with Gasteiger partial charge in [-0.05, 0) is 12.5 Å². The summed E-state index contributed by atoms with van der Waals surface area (Å²) in [6, 6.07) is 1.79. The third-order valence-corrected chi connectivity index (χ3v) is 1.24. The molecule has 0 bridgehead atoms. The number of aryl methyl sites for hydroxylation is 1. The zero-order valence-corrected chi connectivity index (χ0v) is 5.42. The van der Waals surface area contributed by atoms with E-state index in [2.05, 4.69) is 11.3 Å². The molecule has 9 heavy (non-hydrogen) atoms. The van der Waals surface area contributed by atoms with Crippen molar-refractivity contribution in [2.24, 2.45) is 0 Å². The predicted octanol–water partition coefficient (Wildman–Crippen LogP) is 1.93. The highest BCUT2D eigenvalue weighted by molar-refractivity contribution is 5.31. The van der Waals surface area contributed by atoms with Crippen molar-refractivity contribution in [3.05, 3.63) is 17.9 Å². The van der Waals surface area contributed by atoms with E-state index in [0.29, 0.717) is 0 Å². The molecule has 0 amide bonds. The molecule has 1 heterocycles. The van der Waals surface area contributed by atoms with Crippen LogP contribution in [0.3, 0.4) is 0 Å². The molecule has 0 aliphatic carbocycles. The van der Waals surface area contributed by atoms with Crippen LogP contribution in [-0.2, 0) is 6.42 Å². The zero-order chi connectivity index (χ0) is 6.69. The fourth-order valence-electron chi connectivity index (χ4n) is 0.787. The van der Waals surface area contributed by atoms with Crippen LogP contribution in [0.4, 0.5) is 5.88 Å². The summed E-state index contributed by atoms with van der Waals surface area (Å²) in [7, 11) is 0. The summed E-state index contributed by atoms with van der Waals surface area (Å²) >= 11 is 0. The maximum Gasteiger partial charge on any atom is 0.241 e. The maximum atomic E-state index is 8.91. The van der Waals surface area contributed by atoms with Gasteiger partial charge in [0, 0.05) is 5.56 Å². The van der Waals surface area contributed by atoms with E-state index in [1.54, 1.807) is 6.07 Å². The fraction of sp³-hybridized carbons (Fsp3) is 0.429. The van der Waals surface area contributed by atoms with Crippen LogP contribution in [-0.4, -0.2) is 0 Å². The molecule has 0 unspecified atom stereocenters. The molecule has 0 saturated carbocycles.